The molecule has 4 nitrogen and oxygen atoms in total. The van der Waals surface area contributed by atoms with Gasteiger partial charge in [-0.15, -0.1) is 0 Å². The Kier molecular flexibility index (Phi) is 4.92. The maximum atomic E-state index is 12.7. The highest BCUT2D eigenvalue weighted by Gasteiger charge is 2.30. The molecule has 2 aliphatic rings. The summed E-state index contributed by atoms with van der Waals surface area (Å²) in [7, 11) is 0. The van der Waals surface area contributed by atoms with Crippen LogP contribution in [0, 0.1) is 5.92 Å². The number of aromatic carboxylic acids is 1. The Morgan fingerprint density at radius 1 is 1.24 bits per heavy atom. The highest BCUT2D eigenvalue weighted by atomic mass is 35.5. The van der Waals surface area contributed by atoms with Crippen LogP contribution in [0.5, 0.6) is 0 Å². The summed E-state index contributed by atoms with van der Waals surface area (Å²) in [6.45, 7) is 4.13. The van der Waals surface area contributed by atoms with Gasteiger partial charge in [-0.2, -0.15) is 0 Å². The van der Waals surface area contributed by atoms with Crippen molar-refractivity contribution in [2.24, 2.45) is 5.92 Å². The molecule has 0 aromatic heterocycles. The minimum Gasteiger partial charge on any atom is -0.478 e. The lowest BCUT2D eigenvalue weighted by atomic mass is 9.82. The molecular weight excluding hydrogens is 338 g/mol. The van der Waals surface area contributed by atoms with Crippen LogP contribution in [0.15, 0.2) is 18.2 Å². The van der Waals surface area contributed by atoms with Crippen molar-refractivity contribution >= 4 is 29.1 Å². The number of benzene rings is 1. The van der Waals surface area contributed by atoms with Gasteiger partial charge in [0.1, 0.15) is 0 Å². The fraction of sp³-hybridized carbons (Fsp3) is 0.500. The number of hydrogen-bond acceptors (Lipinski definition) is 3. The first-order valence-corrected chi connectivity index (χ1v) is 9.24. The van der Waals surface area contributed by atoms with Crippen molar-refractivity contribution in [3.05, 3.63) is 39.9 Å². The normalized spacial score (nSPS) is 21.5. The third-order valence-corrected chi connectivity index (χ3v) is 5.43. The number of fused-ring (bicyclic) bond motifs is 1. The summed E-state index contributed by atoms with van der Waals surface area (Å²) in [6.07, 6.45) is 7.70. The average molecular weight is 362 g/mol. The van der Waals surface area contributed by atoms with Gasteiger partial charge in [0.05, 0.1) is 10.6 Å². The third kappa shape index (κ3) is 3.90. The van der Waals surface area contributed by atoms with Crippen LogP contribution >= 0.6 is 11.6 Å². The summed E-state index contributed by atoms with van der Waals surface area (Å²) >= 11 is 6.14. The summed E-state index contributed by atoms with van der Waals surface area (Å²) in [4.78, 5) is 24.1. The minimum atomic E-state index is -1.06. The number of hydrogen-bond donors (Lipinski definition) is 2. The average Bonchev–Trinajstić information content (AvgIpc) is 2.53. The van der Waals surface area contributed by atoms with Crippen LogP contribution in [0.2, 0.25) is 5.02 Å². The van der Waals surface area contributed by atoms with Gasteiger partial charge in [-0.25, -0.2) is 4.79 Å². The van der Waals surface area contributed by atoms with E-state index in [4.69, 9.17) is 11.6 Å². The van der Waals surface area contributed by atoms with Crippen LogP contribution in [0.3, 0.4) is 0 Å². The SMILES string of the molecule is CC1(C)Cc2cc(Cl)c(C(=O)O)cc2C(=CC(=O)C2CCCCC2)N1. The van der Waals surface area contributed by atoms with Crippen LogP contribution in [0.4, 0.5) is 0 Å². The first-order chi connectivity index (χ1) is 11.8. The van der Waals surface area contributed by atoms with E-state index in [1.54, 1.807) is 18.2 Å². The summed E-state index contributed by atoms with van der Waals surface area (Å²) < 4.78 is 0. The number of carboxylic acid groups (broad SMARTS) is 1. The molecule has 1 aliphatic heterocycles. The molecule has 134 valence electrons. The van der Waals surface area contributed by atoms with Crippen LogP contribution in [0.25, 0.3) is 5.70 Å². The van der Waals surface area contributed by atoms with Gasteiger partial charge in [0.25, 0.3) is 0 Å². The molecule has 0 bridgehead atoms. The Morgan fingerprint density at radius 2 is 1.92 bits per heavy atom. The predicted octanol–water partition coefficient (Wildman–Crippen LogP) is 4.45. The molecule has 1 heterocycles. The van der Waals surface area contributed by atoms with Gasteiger partial charge in [0.2, 0.25) is 0 Å². The van der Waals surface area contributed by atoms with E-state index in [1.165, 1.54) is 6.42 Å². The summed E-state index contributed by atoms with van der Waals surface area (Å²) in [5, 5.41) is 13.0. The van der Waals surface area contributed by atoms with Gasteiger partial charge in [-0.1, -0.05) is 30.9 Å². The van der Waals surface area contributed by atoms with E-state index in [2.05, 4.69) is 19.2 Å². The zero-order valence-corrected chi connectivity index (χ0v) is 15.4. The molecule has 0 amide bonds. The van der Waals surface area contributed by atoms with E-state index in [9.17, 15) is 14.7 Å². The standard InChI is InChI=1S/C20H24ClNO3/c1-20(2)11-13-8-16(21)15(19(24)25)9-14(13)17(22-20)10-18(23)12-6-4-3-5-7-12/h8-10,12,22H,3-7,11H2,1-2H3,(H,24,25). The molecule has 0 atom stereocenters. The van der Waals surface area contributed by atoms with E-state index in [0.717, 1.165) is 43.2 Å². The van der Waals surface area contributed by atoms with Crippen molar-refractivity contribution in [3.63, 3.8) is 0 Å². The van der Waals surface area contributed by atoms with Crippen molar-refractivity contribution in [1.29, 1.82) is 0 Å². The molecule has 0 spiro atoms. The zero-order valence-electron chi connectivity index (χ0n) is 14.7. The van der Waals surface area contributed by atoms with Crippen LogP contribution in [0.1, 0.15) is 67.4 Å². The number of carbonyl (C=O) groups excluding carboxylic acids is 1. The largest absolute Gasteiger partial charge is 0.478 e. The lowest BCUT2D eigenvalue weighted by Gasteiger charge is -2.36. The van der Waals surface area contributed by atoms with Crippen LogP contribution < -0.4 is 5.32 Å². The Morgan fingerprint density at radius 3 is 2.56 bits per heavy atom. The number of carboxylic acids is 1. The molecule has 0 radical (unpaired) electrons. The molecule has 5 heteroatoms. The van der Waals surface area contributed by atoms with E-state index in [0.29, 0.717) is 5.70 Å². The lowest BCUT2D eigenvalue weighted by molar-refractivity contribution is -0.119. The molecular formula is C20H24ClNO3. The molecule has 2 N–H and O–H groups in total. The van der Waals surface area contributed by atoms with Crippen LogP contribution in [-0.4, -0.2) is 22.4 Å². The van der Waals surface area contributed by atoms with E-state index >= 15 is 0 Å². The fourth-order valence-electron chi connectivity index (χ4n) is 3.89. The van der Waals surface area contributed by atoms with Gasteiger partial charge in [0.15, 0.2) is 5.78 Å². The van der Waals surface area contributed by atoms with Gasteiger partial charge in [-0.05, 0) is 50.8 Å². The first kappa shape index (κ1) is 18.0. The zero-order chi connectivity index (χ0) is 18.2. The second-order valence-corrected chi connectivity index (χ2v) is 8.18. The van der Waals surface area contributed by atoms with Crippen molar-refractivity contribution < 1.29 is 14.7 Å². The van der Waals surface area contributed by atoms with Gasteiger partial charge in [0, 0.05) is 28.8 Å². The quantitative estimate of drug-likeness (QED) is 0.780. The van der Waals surface area contributed by atoms with Crippen molar-refractivity contribution in [2.45, 2.75) is 57.9 Å². The number of rotatable bonds is 3. The number of halogens is 1. The topological polar surface area (TPSA) is 66.4 Å². The number of carbonyl (C=O) groups is 2. The molecule has 1 fully saturated rings. The Labute approximate surface area is 153 Å². The smallest absolute Gasteiger partial charge is 0.337 e. The highest BCUT2D eigenvalue weighted by molar-refractivity contribution is 6.33. The summed E-state index contributed by atoms with van der Waals surface area (Å²) in [5.41, 5.74) is 2.30. The van der Waals surface area contributed by atoms with E-state index in [1.807, 2.05) is 0 Å². The minimum absolute atomic E-state index is 0.0675. The molecule has 1 aromatic rings. The second-order valence-electron chi connectivity index (χ2n) is 7.78. The number of nitrogens with one attached hydrogen (secondary N) is 1. The van der Waals surface area contributed by atoms with Crippen molar-refractivity contribution in [2.75, 3.05) is 0 Å². The number of allylic oxidation sites excluding steroid dienone is 1. The molecule has 1 aliphatic carbocycles. The fourth-order valence-corrected chi connectivity index (χ4v) is 4.16. The monoisotopic (exact) mass is 361 g/mol. The molecule has 1 aromatic carbocycles. The molecule has 25 heavy (non-hydrogen) atoms. The van der Waals surface area contributed by atoms with Gasteiger partial charge in [-0.3, -0.25) is 4.79 Å². The third-order valence-electron chi connectivity index (χ3n) is 5.11. The molecule has 0 unspecified atom stereocenters. The molecule has 1 saturated carbocycles. The number of ketones is 1. The maximum absolute atomic E-state index is 12.7. The van der Waals surface area contributed by atoms with Crippen molar-refractivity contribution in [1.82, 2.24) is 5.32 Å². The Balaban J connectivity index is 2.02. The second kappa shape index (κ2) is 6.83. The molecule has 0 saturated heterocycles. The highest BCUT2D eigenvalue weighted by Crippen LogP contribution is 2.34. The first-order valence-electron chi connectivity index (χ1n) is 8.87. The Hall–Kier alpha value is -1.81. The lowest BCUT2D eigenvalue weighted by Crippen LogP contribution is -2.44. The Bertz CT molecular complexity index is 746. The summed E-state index contributed by atoms with van der Waals surface area (Å²) in [6, 6.07) is 3.31. The maximum Gasteiger partial charge on any atom is 0.337 e. The summed E-state index contributed by atoms with van der Waals surface area (Å²) in [5.74, 6) is -0.837. The van der Waals surface area contributed by atoms with E-state index < -0.39 is 5.97 Å². The van der Waals surface area contributed by atoms with Crippen molar-refractivity contribution in [3.8, 4) is 0 Å². The predicted molar refractivity (Wildman–Crippen MR) is 98.9 cm³/mol. The molecule has 3 rings (SSSR count). The van der Waals surface area contributed by atoms with Gasteiger partial charge >= 0.3 is 5.97 Å². The van der Waals surface area contributed by atoms with Crippen LogP contribution in [-0.2, 0) is 11.2 Å². The van der Waals surface area contributed by atoms with E-state index in [-0.39, 0.29) is 27.8 Å². The van der Waals surface area contributed by atoms with Gasteiger partial charge < -0.3 is 10.4 Å².